The molecule has 1 N–H and O–H groups in total. The van der Waals surface area contributed by atoms with Gasteiger partial charge >= 0.3 is 5.97 Å². The molecule has 1 saturated heterocycles. The average Bonchev–Trinajstić information content (AvgIpc) is 2.37. The molecule has 1 aromatic carbocycles. The molecule has 2 rings (SSSR count). The Hall–Kier alpha value is -1.85. The van der Waals surface area contributed by atoms with Crippen molar-refractivity contribution in [2.24, 2.45) is 0 Å². The number of halogens is 2. The van der Waals surface area contributed by atoms with Crippen LogP contribution < -0.4 is 9.64 Å². The number of benzene rings is 1. The number of aromatic carboxylic acids is 1. The summed E-state index contributed by atoms with van der Waals surface area (Å²) in [7, 11) is 1.38. The van der Waals surface area contributed by atoms with Gasteiger partial charge in [0.1, 0.15) is 11.3 Å². The molecule has 1 aromatic rings. The van der Waals surface area contributed by atoms with Gasteiger partial charge in [0.15, 0.2) is 0 Å². The molecule has 0 radical (unpaired) electrons. The van der Waals surface area contributed by atoms with Gasteiger partial charge in [-0.1, -0.05) is 0 Å². The minimum Gasteiger partial charge on any atom is -0.496 e. The topological polar surface area (TPSA) is 49.8 Å². The highest BCUT2D eigenvalue weighted by Gasteiger charge is 2.34. The predicted molar refractivity (Wildman–Crippen MR) is 66.3 cm³/mol. The molecule has 0 amide bonds. The van der Waals surface area contributed by atoms with E-state index >= 15 is 0 Å². The first-order valence-electron chi connectivity index (χ1n) is 5.97. The number of hydrogen-bond donors (Lipinski definition) is 1. The number of anilines is 1. The van der Waals surface area contributed by atoms with Crippen LogP contribution in [0.5, 0.6) is 5.75 Å². The predicted octanol–water partition coefficient (Wildman–Crippen LogP) is 2.63. The van der Waals surface area contributed by atoms with Crippen molar-refractivity contribution in [3.05, 3.63) is 23.8 Å². The molecule has 1 aliphatic rings. The van der Waals surface area contributed by atoms with Crippen LogP contribution in [0.2, 0.25) is 0 Å². The van der Waals surface area contributed by atoms with Crippen LogP contribution in [-0.4, -0.2) is 37.2 Å². The van der Waals surface area contributed by atoms with Gasteiger partial charge in [-0.3, -0.25) is 0 Å². The number of hydrogen-bond acceptors (Lipinski definition) is 3. The van der Waals surface area contributed by atoms with Gasteiger partial charge in [-0.2, -0.15) is 0 Å². The van der Waals surface area contributed by atoms with Gasteiger partial charge in [-0.25, -0.2) is 13.6 Å². The molecule has 0 aliphatic carbocycles. The maximum atomic E-state index is 13.1. The molecule has 0 bridgehead atoms. The van der Waals surface area contributed by atoms with Crippen molar-refractivity contribution < 1.29 is 23.4 Å². The van der Waals surface area contributed by atoms with Gasteiger partial charge in [-0.05, 0) is 12.1 Å². The Bertz CT molecular complexity index is 481. The smallest absolute Gasteiger partial charge is 0.339 e. The maximum Gasteiger partial charge on any atom is 0.339 e. The molecule has 0 atom stereocenters. The largest absolute Gasteiger partial charge is 0.496 e. The lowest BCUT2D eigenvalue weighted by Crippen LogP contribution is -2.39. The quantitative estimate of drug-likeness (QED) is 0.918. The average molecular weight is 271 g/mol. The Balaban J connectivity index is 2.20. The third kappa shape index (κ3) is 2.94. The minimum absolute atomic E-state index is 0.0635. The van der Waals surface area contributed by atoms with Crippen LogP contribution in [0.15, 0.2) is 18.2 Å². The van der Waals surface area contributed by atoms with Crippen molar-refractivity contribution in [1.82, 2.24) is 0 Å². The summed E-state index contributed by atoms with van der Waals surface area (Å²) in [5, 5.41) is 8.97. The van der Waals surface area contributed by atoms with E-state index in [9.17, 15) is 13.6 Å². The zero-order chi connectivity index (χ0) is 14.0. The highest BCUT2D eigenvalue weighted by molar-refractivity contribution is 5.91. The fraction of sp³-hybridized carbons (Fsp3) is 0.462. The standard InChI is InChI=1S/C13H15F2NO3/c1-19-11-8-9(2-3-10(11)12(17)18)16-6-4-13(14,15)5-7-16/h2-3,8H,4-7H2,1H3,(H,17,18). The lowest BCUT2D eigenvalue weighted by Gasteiger charge is -2.33. The van der Waals surface area contributed by atoms with Gasteiger partial charge in [0.2, 0.25) is 0 Å². The van der Waals surface area contributed by atoms with Gasteiger partial charge in [-0.15, -0.1) is 0 Å². The van der Waals surface area contributed by atoms with E-state index in [0.717, 1.165) is 0 Å². The van der Waals surface area contributed by atoms with Crippen molar-refractivity contribution in [2.45, 2.75) is 18.8 Å². The summed E-state index contributed by atoms with van der Waals surface area (Å²) < 4.78 is 31.2. The van der Waals surface area contributed by atoms with Gasteiger partial charge in [0.05, 0.1) is 7.11 Å². The Morgan fingerprint density at radius 2 is 2.00 bits per heavy atom. The Labute approximate surface area is 109 Å². The summed E-state index contributed by atoms with van der Waals surface area (Å²) >= 11 is 0. The van der Waals surface area contributed by atoms with Crippen LogP contribution in [0.3, 0.4) is 0 Å². The molecule has 1 heterocycles. The van der Waals surface area contributed by atoms with Gasteiger partial charge in [0.25, 0.3) is 5.92 Å². The maximum absolute atomic E-state index is 13.1. The number of ether oxygens (including phenoxy) is 1. The van der Waals surface area contributed by atoms with Gasteiger partial charge < -0.3 is 14.7 Å². The first-order chi connectivity index (χ1) is 8.93. The van der Waals surface area contributed by atoms with E-state index in [1.165, 1.54) is 13.2 Å². The fourth-order valence-corrected chi connectivity index (χ4v) is 2.15. The molecule has 6 heteroatoms. The summed E-state index contributed by atoms with van der Waals surface area (Å²) in [6.45, 7) is 0.505. The first kappa shape index (κ1) is 13.6. The number of rotatable bonds is 3. The van der Waals surface area contributed by atoms with Crippen LogP contribution in [-0.2, 0) is 0 Å². The monoisotopic (exact) mass is 271 g/mol. The van der Waals surface area contributed by atoms with E-state index in [-0.39, 0.29) is 37.2 Å². The van der Waals surface area contributed by atoms with Crippen molar-refractivity contribution in [2.75, 3.05) is 25.1 Å². The van der Waals surface area contributed by atoms with Crippen molar-refractivity contribution in [1.29, 1.82) is 0 Å². The number of carboxylic acid groups (broad SMARTS) is 1. The number of piperidine rings is 1. The van der Waals surface area contributed by atoms with Crippen LogP contribution in [0, 0.1) is 0 Å². The number of alkyl halides is 2. The zero-order valence-electron chi connectivity index (χ0n) is 10.5. The highest BCUT2D eigenvalue weighted by atomic mass is 19.3. The Morgan fingerprint density at radius 1 is 1.37 bits per heavy atom. The second kappa shape index (κ2) is 5.03. The van der Waals surface area contributed by atoms with Crippen LogP contribution >= 0.6 is 0 Å². The number of nitrogens with zero attached hydrogens (tertiary/aromatic N) is 1. The van der Waals surface area contributed by atoms with E-state index in [4.69, 9.17) is 9.84 Å². The summed E-state index contributed by atoms with van der Waals surface area (Å²) in [5.41, 5.74) is 0.769. The second-order valence-electron chi connectivity index (χ2n) is 4.53. The molecule has 0 spiro atoms. The molecule has 0 saturated carbocycles. The molecule has 1 fully saturated rings. The van der Waals surface area contributed by atoms with E-state index in [0.29, 0.717) is 5.69 Å². The van der Waals surface area contributed by atoms with Crippen molar-refractivity contribution in [3.8, 4) is 5.75 Å². The number of carboxylic acids is 1. The molecule has 0 unspecified atom stereocenters. The summed E-state index contributed by atoms with van der Waals surface area (Å²) in [6, 6.07) is 4.63. The zero-order valence-corrected chi connectivity index (χ0v) is 10.5. The van der Waals surface area contributed by atoms with Crippen LogP contribution in [0.25, 0.3) is 0 Å². The number of methoxy groups -OCH3 is 1. The fourth-order valence-electron chi connectivity index (χ4n) is 2.15. The van der Waals surface area contributed by atoms with Crippen molar-refractivity contribution >= 4 is 11.7 Å². The van der Waals surface area contributed by atoms with Gasteiger partial charge in [0, 0.05) is 37.7 Å². The summed E-state index contributed by atoms with van der Waals surface area (Å²) in [6.07, 6.45) is -0.369. The first-order valence-corrected chi connectivity index (χ1v) is 5.97. The third-order valence-electron chi connectivity index (χ3n) is 3.28. The number of carbonyl (C=O) groups is 1. The molecule has 104 valence electrons. The molecular formula is C13H15F2NO3. The van der Waals surface area contributed by atoms with E-state index in [1.807, 2.05) is 4.90 Å². The minimum atomic E-state index is -2.60. The highest BCUT2D eigenvalue weighted by Crippen LogP contribution is 2.32. The molecule has 19 heavy (non-hydrogen) atoms. The normalized spacial score (nSPS) is 18.2. The molecule has 4 nitrogen and oxygen atoms in total. The van der Waals surface area contributed by atoms with E-state index < -0.39 is 11.9 Å². The van der Waals surface area contributed by atoms with Crippen LogP contribution in [0.4, 0.5) is 14.5 Å². The van der Waals surface area contributed by atoms with Crippen molar-refractivity contribution in [3.63, 3.8) is 0 Å². The summed E-state index contributed by atoms with van der Waals surface area (Å²) in [5.74, 6) is -3.43. The Kier molecular flexibility index (Phi) is 3.59. The summed E-state index contributed by atoms with van der Waals surface area (Å²) in [4.78, 5) is 12.8. The lowest BCUT2D eigenvalue weighted by atomic mass is 10.1. The van der Waals surface area contributed by atoms with Crippen LogP contribution in [0.1, 0.15) is 23.2 Å². The second-order valence-corrected chi connectivity index (χ2v) is 4.53. The lowest BCUT2D eigenvalue weighted by molar-refractivity contribution is -0.0220. The Morgan fingerprint density at radius 3 is 2.53 bits per heavy atom. The molecular weight excluding hydrogens is 256 g/mol. The molecule has 1 aliphatic heterocycles. The molecule has 0 aromatic heterocycles. The van der Waals surface area contributed by atoms with E-state index in [1.54, 1.807) is 12.1 Å². The van der Waals surface area contributed by atoms with E-state index in [2.05, 4.69) is 0 Å². The SMILES string of the molecule is COc1cc(N2CCC(F)(F)CC2)ccc1C(=O)O. The third-order valence-corrected chi connectivity index (χ3v) is 3.28.